The zero-order valence-corrected chi connectivity index (χ0v) is 25.7. The fourth-order valence-corrected chi connectivity index (χ4v) is 8.36. The first kappa shape index (κ1) is 27.4. The Hall–Kier alpha value is -5.94. The maximum Gasteiger partial charge on any atom is 0.146 e. The third-order valence-electron chi connectivity index (χ3n) is 10.5. The van der Waals surface area contributed by atoms with Gasteiger partial charge in [0.15, 0.2) is 0 Å². The highest BCUT2D eigenvalue weighted by Gasteiger charge is 2.37. The van der Waals surface area contributed by atoms with Gasteiger partial charge in [0.2, 0.25) is 0 Å². The molecule has 1 atom stereocenters. The summed E-state index contributed by atoms with van der Waals surface area (Å²) in [6.07, 6.45) is 2.42. The number of phenolic OH excluding ortho intramolecular Hbond substituents is 2. The van der Waals surface area contributed by atoms with Gasteiger partial charge in [0.25, 0.3) is 0 Å². The van der Waals surface area contributed by atoms with Crippen molar-refractivity contribution in [1.82, 2.24) is 0 Å². The van der Waals surface area contributed by atoms with Crippen LogP contribution in [0.4, 0.5) is 17.1 Å². The highest BCUT2D eigenvalue weighted by atomic mass is 16.3. The van der Waals surface area contributed by atoms with Gasteiger partial charge in [0.05, 0.1) is 11.4 Å². The molecule has 8 N–H and O–H groups in total. The minimum absolute atomic E-state index is 0.00165. The molecule has 0 saturated heterocycles. The van der Waals surface area contributed by atoms with Crippen LogP contribution in [0.5, 0.6) is 11.5 Å². The van der Waals surface area contributed by atoms with Gasteiger partial charge < -0.3 is 27.4 Å². The molecule has 228 valence electrons. The Labute approximate surface area is 272 Å². The number of rotatable bonds is 3. The van der Waals surface area contributed by atoms with E-state index in [0.29, 0.717) is 29.0 Å². The molecule has 0 spiro atoms. The minimum Gasteiger partial charge on any atom is -0.506 e. The SMILES string of the molecule is Nc1c(O)ccc2c1-c1c(c(N)c(C3CCc4ccccc43)c(-c3cc4ccccc4c(N)c3O)c1-c1cccc3ccccc13)C2. The highest BCUT2D eigenvalue weighted by Crippen LogP contribution is 2.59. The normalized spacial score (nSPS) is 14.8. The van der Waals surface area contributed by atoms with E-state index in [1.165, 1.54) is 11.1 Å². The van der Waals surface area contributed by atoms with E-state index in [4.69, 9.17) is 17.2 Å². The van der Waals surface area contributed by atoms with Crippen molar-refractivity contribution in [2.45, 2.75) is 25.2 Å². The fourth-order valence-electron chi connectivity index (χ4n) is 8.36. The Morgan fingerprint density at radius 3 is 2.13 bits per heavy atom. The maximum atomic E-state index is 12.1. The van der Waals surface area contributed by atoms with E-state index in [-0.39, 0.29) is 17.4 Å². The molecule has 0 saturated carbocycles. The molecule has 1 unspecified atom stereocenters. The smallest absolute Gasteiger partial charge is 0.146 e. The molecule has 2 aliphatic carbocycles. The topological polar surface area (TPSA) is 119 Å². The second-order valence-electron chi connectivity index (χ2n) is 12.9. The third kappa shape index (κ3) is 3.83. The molecule has 0 aliphatic heterocycles. The van der Waals surface area contributed by atoms with Gasteiger partial charge in [0.1, 0.15) is 11.5 Å². The number of nitrogens with two attached hydrogens (primary N) is 3. The zero-order chi connectivity index (χ0) is 32.0. The lowest BCUT2D eigenvalue weighted by molar-refractivity contribution is 0.478. The number of aromatic hydroxyl groups is 2. The predicted octanol–water partition coefficient (Wildman–Crippen LogP) is 9.13. The van der Waals surface area contributed by atoms with Crippen molar-refractivity contribution in [3.05, 3.63) is 137 Å². The van der Waals surface area contributed by atoms with Crippen molar-refractivity contribution in [3.63, 3.8) is 0 Å². The summed E-state index contributed by atoms with van der Waals surface area (Å²) in [7, 11) is 0. The molecular weight excluding hydrogens is 578 g/mol. The number of hydrogen-bond donors (Lipinski definition) is 5. The van der Waals surface area contributed by atoms with E-state index >= 15 is 0 Å². The number of fused-ring (bicyclic) bond motifs is 6. The molecule has 5 heteroatoms. The van der Waals surface area contributed by atoms with Crippen molar-refractivity contribution in [3.8, 4) is 44.9 Å². The summed E-state index contributed by atoms with van der Waals surface area (Å²) >= 11 is 0. The van der Waals surface area contributed by atoms with Crippen molar-refractivity contribution < 1.29 is 10.2 Å². The minimum atomic E-state index is 0.00165. The van der Waals surface area contributed by atoms with Crippen molar-refractivity contribution >= 4 is 38.6 Å². The lowest BCUT2D eigenvalue weighted by atomic mass is 9.76. The molecular formula is C42H33N3O2. The molecule has 9 rings (SSSR count). The Balaban J connectivity index is 1.53. The Morgan fingerprint density at radius 2 is 1.28 bits per heavy atom. The Bertz CT molecular complexity index is 2460. The first-order valence-corrected chi connectivity index (χ1v) is 16.1. The van der Waals surface area contributed by atoms with Crippen LogP contribution in [-0.2, 0) is 12.8 Å². The van der Waals surface area contributed by atoms with Crippen LogP contribution >= 0.6 is 0 Å². The van der Waals surface area contributed by atoms with Gasteiger partial charge in [-0.2, -0.15) is 0 Å². The van der Waals surface area contributed by atoms with Crippen LogP contribution in [0.15, 0.2) is 109 Å². The Morgan fingerprint density at radius 1 is 0.553 bits per heavy atom. The number of hydrogen-bond acceptors (Lipinski definition) is 5. The van der Waals surface area contributed by atoms with Crippen molar-refractivity contribution in [1.29, 1.82) is 0 Å². The van der Waals surface area contributed by atoms with Gasteiger partial charge in [-0.1, -0.05) is 97.1 Å². The average Bonchev–Trinajstić information content (AvgIpc) is 3.71. The summed E-state index contributed by atoms with van der Waals surface area (Å²) in [4.78, 5) is 0. The molecule has 0 heterocycles. The quantitative estimate of drug-likeness (QED) is 0.101. The molecule has 0 radical (unpaired) electrons. The van der Waals surface area contributed by atoms with Crippen molar-refractivity contribution in [2.75, 3.05) is 17.2 Å². The lowest BCUT2D eigenvalue weighted by Crippen LogP contribution is -2.10. The number of anilines is 3. The van der Waals surface area contributed by atoms with Crippen molar-refractivity contribution in [2.24, 2.45) is 0 Å². The predicted molar refractivity (Wildman–Crippen MR) is 194 cm³/mol. The average molecular weight is 612 g/mol. The second kappa shape index (κ2) is 10.0. The van der Waals surface area contributed by atoms with Gasteiger partial charge in [-0.05, 0) is 91.2 Å². The summed E-state index contributed by atoms with van der Waals surface area (Å²) in [5.74, 6) is 0.0631. The molecule has 2 aliphatic rings. The lowest BCUT2D eigenvalue weighted by Gasteiger charge is -2.28. The number of phenols is 2. The first-order valence-electron chi connectivity index (χ1n) is 16.1. The summed E-state index contributed by atoms with van der Waals surface area (Å²) < 4.78 is 0. The van der Waals surface area contributed by atoms with Crippen LogP contribution in [0, 0.1) is 0 Å². The molecule has 0 amide bonds. The second-order valence-corrected chi connectivity index (χ2v) is 12.9. The molecule has 0 bridgehead atoms. The molecule has 5 nitrogen and oxygen atoms in total. The molecule has 0 fully saturated rings. The Kier molecular flexibility index (Phi) is 5.84. The molecule has 7 aromatic rings. The largest absolute Gasteiger partial charge is 0.506 e. The number of nitrogen functional groups attached to an aromatic ring is 3. The maximum absolute atomic E-state index is 12.1. The van der Waals surface area contributed by atoms with Gasteiger partial charge in [0, 0.05) is 34.5 Å². The third-order valence-corrected chi connectivity index (χ3v) is 10.5. The number of benzene rings is 7. The van der Waals surface area contributed by atoms with Gasteiger partial charge in [-0.3, -0.25) is 0 Å². The zero-order valence-electron chi connectivity index (χ0n) is 25.7. The van der Waals surface area contributed by atoms with Gasteiger partial charge >= 0.3 is 0 Å². The summed E-state index contributed by atoms with van der Waals surface area (Å²) in [5.41, 5.74) is 33.0. The van der Waals surface area contributed by atoms with E-state index in [9.17, 15) is 10.2 Å². The molecule has 0 aromatic heterocycles. The summed E-state index contributed by atoms with van der Waals surface area (Å²) in [5, 5.41) is 26.9. The van der Waals surface area contributed by atoms with E-state index in [0.717, 1.165) is 78.9 Å². The van der Waals surface area contributed by atoms with Crippen LogP contribution in [0.25, 0.3) is 54.9 Å². The van der Waals surface area contributed by atoms with E-state index < -0.39 is 0 Å². The van der Waals surface area contributed by atoms with Crippen LogP contribution in [0.2, 0.25) is 0 Å². The van der Waals surface area contributed by atoms with E-state index in [1.807, 2.05) is 42.5 Å². The van der Waals surface area contributed by atoms with Crippen LogP contribution in [0.1, 0.15) is 40.2 Å². The molecule has 47 heavy (non-hydrogen) atoms. The first-order chi connectivity index (χ1) is 22.9. The van der Waals surface area contributed by atoms with E-state index in [2.05, 4.69) is 60.7 Å². The number of aryl methyl sites for hydroxylation is 1. The monoisotopic (exact) mass is 611 g/mol. The van der Waals surface area contributed by atoms with E-state index in [1.54, 1.807) is 6.07 Å². The van der Waals surface area contributed by atoms with Crippen LogP contribution in [0.3, 0.4) is 0 Å². The van der Waals surface area contributed by atoms with Crippen LogP contribution in [-0.4, -0.2) is 10.2 Å². The molecule has 7 aromatic carbocycles. The standard InChI is InChI=1S/C42H33N3O2/c43-39-31-21-25-17-19-33(46)41(45)34(25)36(31)35(29-15-7-11-22-8-1-4-12-26(22)29)37(38(39)30-18-16-23-9-2-5-13-27(23)30)32-20-24-10-3-6-14-28(24)40(44)42(32)47/h1-15,17,19-20,30,46-47H,16,18,21,43-45H2. The summed E-state index contributed by atoms with van der Waals surface area (Å²) in [6.45, 7) is 0. The highest BCUT2D eigenvalue weighted by molar-refractivity contribution is 6.14. The summed E-state index contributed by atoms with van der Waals surface area (Å²) in [6, 6.07) is 36.8. The van der Waals surface area contributed by atoms with Gasteiger partial charge in [-0.15, -0.1) is 0 Å². The fraction of sp³-hybridized carbons (Fsp3) is 0.0952. The van der Waals surface area contributed by atoms with Crippen LogP contribution < -0.4 is 17.2 Å². The van der Waals surface area contributed by atoms with Gasteiger partial charge in [-0.25, -0.2) is 0 Å².